The summed E-state index contributed by atoms with van der Waals surface area (Å²) in [5.74, 6) is 2.13. The second kappa shape index (κ2) is 6.50. The molecule has 1 aliphatic heterocycles. The van der Waals surface area contributed by atoms with Gasteiger partial charge in [0.25, 0.3) is 0 Å². The Balaban J connectivity index is 1.62. The Labute approximate surface area is 120 Å². The smallest absolute Gasteiger partial charge is 0.250 e. The highest BCUT2D eigenvalue weighted by Crippen LogP contribution is 2.25. The summed E-state index contributed by atoms with van der Waals surface area (Å²) in [5.41, 5.74) is 0. The van der Waals surface area contributed by atoms with E-state index in [0.717, 1.165) is 25.5 Å². The summed E-state index contributed by atoms with van der Waals surface area (Å²) in [4.78, 5) is 6.80. The molecule has 1 atom stereocenters. The van der Waals surface area contributed by atoms with Gasteiger partial charge in [0.15, 0.2) is 5.82 Å². The fourth-order valence-corrected chi connectivity index (χ4v) is 3.09. The molecule has 2 aliphatic rings. The SMILES string of the molecule is CN1CCNCC1c1noc(/C=C/C2CCCCC2)n1. The molecule has 1 unspecified atom stereocenters. The highest BCUT2D eigenvalue weighted by molar-refractivity contribution is 5.38. The van der Waals surface area contributed by atoms with Crippen LogP contribution in [0.4, 0.5) is 0 Å². The van der Waals surface area contributed by atoms with E-state index in [0.29, 0.717) is 11.8 Å². The van der Waals surface area contributed by atoms with E-state index in [2.05, 4.69) is 33.5 Å². The number of allylic oxidation sites excluding steroid dienone is 1. The van der Waals surface area contributed by atoms with Crippen molar-refractivity contribution < 1.29 is 4.52 Å². The Hall–Kier alpha value is -1.20. The van der Waals surface area contributed by atoms with Gasteiger partial charge in [-0.15, -0.1) is 0 Å². The van der Waals surface area contributed by atoms with E-state index in [9.17, 15) is 0 Å². The largest absolute Gasteiger partial charge is 0.335 e. The van der Waals surface area contributed by atoms with E-state index in [1.54, 1.807) is 0 Å². The minimum Gasteiger partial charge on any atom is -0.335 e. The second-order valence-electron chi connectivity index (χ2n) is 5.95. The van der Waals surface area contributed by atoms with Crippen molar-refractivity contribution in [2.75, 3.05) is 26.7 Å². The minimum atomic E-state index is 0.226. The highest BCUT2D eigenvalue weighted by Gasteiger charge is 2.24. The van der Waals surface area contributed by atoms with Crippen molar-refractivity contribution in [3.63, 3.8) is 0 Å². The lowest BCUT2D eigenvalue weighted by Gasteiger charge is -2.30. The third kappa shape index (κ3) is 3.27. The van der Waals surface area contributed by atoms with Gasteiger partial charge in [-0.2, -0.15) is 4.98 Å². The van der Waals surface area contributed by atoms with Gasteiger partial charge in [-0.3, -0.25) is 4.90 Å². The molecule has 0 bridgehead atoms. The molecule has 1 aliphatic carbocycles. The molecule has 1 aromatic rings. The second-order valence-corrected chi connectivity index (χ2v) is 5.95. The molecule has 2 heterocycles. The van der Waals surface area contributed by atoms with E-state index >= 15 is 0 Å². The zero-order valence-electron chi connectivity index (χ0n) is 12.2. The molecule has 0 aromatic carbocycles. The molecule has 5 heteroatoms. The number of hydrogen-bond donors (Lipinski definition) is 1. The highest BCUT2D eigenvalue weighted by atomic mass is 16.5. The lowest BCUT2D eigenvalue weighted by molar-refractivity contribution is 0.190. The lowest BCUT2D eigenvalue weighted by atomic mass is 9.89. The number of rotatable bonds is 3. The molecule has 1 saturated carbocycles. The first-order chi connectivity index (χ1) is 9.83. The van der Waals surface area contributed by atoms with Gasteiger partial charge in [-0.1, -0.05) is 30.5 Å². The third-order valence-electron chi connectivity index (χ3n) is 4.43. The molecule has 0 spiro atoms. The van der Waals surface area contributed by atoms with Crippen LogP contribution in [-0.4, -0.2) is 41.7 Å². The Kier molecular flexibility index (Phi) is 4.47. The van der Waals surface area contributed by atoms with Gasteiger partial charge in [0.2, 0.25) is 5.89 Å². The molecule has 1 saturated heterocycles. The number of likely N-dealkylation sites (N-methyl/N-ethyl adjacent to an activating group) is 1. The average Bonchev–Trinajstić information content (AvgIpc) is 2.95. The first kappa shape index (κ1) is 13.8. The van der Waals surface area contributed by atoms with Crippen LogP contribution in [0.1, 0.15) is 49.9 Å². The van der Waals surface area contributed by atoms with Crippen molar-refractivity contribution in [2.24, 2.45) is 5.92 Å². The van der Waals surface area contributed by atoms with Gasteiger partial charge >= 0.3 is 0 Å². The standard InChI is InChI=1S/C15H24N4O/c1-19-10-9-16-11-13(19)15-17-14(20-18-15)8-7-12-5-3-2-4-6-12/h7-8,12-13,16H,2-6,9-11H2,1H3/b8-7+. The minimum absolute atomic E-state index is 0.226. The van der Waals surface area contributed by atoms with Gasteiger partial charge in [0, 0.05) is 19.6 Å². The Morgan fingerprint density at radius 1 is 1.30 bits per heavy atom. The summed E-state index contributed by atoms with van der Waals surface area (Å²) in [6, 6.07) is 0.226. The summed E-state index contributed by atoms with van der Waals surface area (Å²) < 4.78 is 5.35. The molecule has 0 radical (unpaired) electrons. The zero-order chi connectivity index (χ0) is 13.8. The first-order valence-electron chi connectivity index (χ1n) is 7.76. The molecule has 5 nitrogen and oxygen atoms in total. The fraction of sp³-hybridized carbons (Fsp3) is 0.733. The van der Waals surface area contributed by atoms with E-state index in [-0.39, 0.29) is 6.04 Å². The number of hydrogen-bond acceptors (Lipinski definition) is 5. The van der Waals surface area contributed by atoms with Crippen LogP contribution in [0.2, 0.25) is 0 Å². The molecule has 1 N–H and O–H groups in total. The van der Waals surface area contributed by atoms with Crippen molar-refractivity contribution in [2.45, 2.75) is 38.1 Å². The van der Waals surface area contributed by atoms with Crippen LogP contribution in [0.5, 0.6) is 0 Å². The predicted octanol–water partition coefficient (Wildman–Crippen LogP) is 2.24. The fourth-order valence-electron chi connectivity index (χ4n) is 3.09. The summed E-state index contributed by atoms with van der Waals surface area (Å²) in [6.45, 7) is 2.94. The lowest BCUT2D eigenvalue weighted by Crippen LogP contribution is -2.44. The van der Waals surface area contributed by atoms with E-state index in [1.165, 1.54) is 32.1 Å². The van der Waals surface area contributed by atoms with Crippen molar-refractivity contribution >= 4 is 6.08 Å². The molecule has 0 amide bonds. The van der Waals surface area contributed by atoms with Crippen LogP contribution in [0.15, 0.2) is 10.6 Å². The first-order valence-corrected chi connectivity index (χ1v) is 7.76. The molecule has 3 rings (SSSR count). The number of nitrogens with zero attached hydrogens (tertiary/aromatic N) is 3. The maximum Gasteiger partial charge on any atom is 0.250 e. The molecule has 2 fully saturated rings. The summed E-state index contributed by atoms with van der Waals surface area (Å²) in [6.07, 6.45) is 10.9. The van der Waals surface area contributed by atoms with Crippen LogP contribution in [0, 0.1) is 5.92 Å². The summed E-state index contributed by atoms with van der Waals surface area (Å²) >= 11 is 0. The third-order valence-corrected chi connectivity index (χ3v) is 4.43. The molecule has 20 heavy (non-hydrogen) atoms. The zero-order valence-corrected chi connectivity index (χ0v) is 12.2. The maximum atomic E-state index is 5.35. The molecule has 110 valence electrons. The topological polar surface area (TPSA) is 54.2 Å². The predicted molar refractivity (Wildman–Crippen MR) is 78.1 cm³/mol. The number of piperazine rings is 1. The van der Waals surface area contributed by atoms with E-state index < -0.39 is 0 Å². The van der Waals surface area contributed by atoms with Crippen molar-refractivity contribution in [1.29, 1.82) is 0 Å². The normalized spacial score (nSPS) is 26.4. The maximum absolute atomic E-state index is 5.35. The Morgan fingerprint density at radius 3 is 2.95 bits per heavy atom. The van der Waals surface area contributed by atoms with Crippen molar-refractivity contribution in [3.8, 4) is 0 Å². The van der Waals surface area contributed by atoms with Gasteiger partial charge in [0.1, 0.15) is 0 Å². The van der Waals surface area contributed by atoms with E-state index in [1.807, 2.05) is 6.08 Å². The monoisotopic (exact) mass is 276 g/mol. The quantitative estimate of drug-likeness (QED) is 0.917. The number of nitrogens with one attached hydrogen (secondary N) is 1. The van der Waals surface area contributed by atoms with Gasteiger partial charge < -0.3 is 9.84 Å². The summed E-state index contributed by atoms with van der Waals surface area (Å²) in [5, 5.41) is 7.51. The molecular weight excluding hydrogens is 252 g/mol. The summed E-state index contributed by atoms with van der Waals surface area (Å²) in [7, 11) is 2.11. The molecular formula is C15H24N4O. The van der Waals surface area contributed by atoms with Crippen molar-refractivity contribution in [1.82, 2.24) is 20.4 Å². The van der Waals surface area contributed by atoms with Crippen LogP contribution >= 0.6 is 0 Å². The van der Waals surface area contributed by atoms with Crippen LogP contribution < -0.4 is 5.32 Å². The average molecular weight is 276 g/mol. The Morgan fingerprint density at radius 2 is 2.15 bits per heavy atom. The van der Waals surface area contributed by atoms with Crippen LogP contribution in [0.3, 0.4) is 0 Å². The van der Waals surface area contributed by atoms with Crippen LogP contribution in [-0.2, 0) is 0 Å². The van der Waals surface area contributed by atoms with Crippen LogP contribution in [0.25, 0.3) is 6.08 Å². The van der Waals surface area contributed by atoms with Crippen molar-refractivity contribution in [3.05, 3.63) is 17.8 Å². The molecule has 1 aromatic heterocycles. The number of aromatic nitrogens is 2. The van der Waals surface area contributed by atoms with Gasteiger partial charge in [-0.25, -0.2) is 0 Å². The van der Waals surface area contributed by atoms with E-state index in [4.69, 9.17) is 4.52 Å². The van der Waals surface area contributed by atoms with Gasteiger partial charge in [-0.05, 0) is 31.9 Å². The Bertz CT molecular complexity index is 450. The van der Waals surface area contributed by atoms with Gasteiger partial charge in [0.05, 0.1) is 6.04 Å².